The number of nitrogens with zero attached hydrogens (tertiary/aromatic N) is 5. The van der Waals surface area contributed by atoms with Gasteiger partial charge in [0.2, 0.25) is 11.9 Å². The van der Waals surface area contributed by atoms with Crippen molar-refractivity contribution >= 4 is 29.2 Å². The molecule has 0 radical (unpaired) electrons. The van der Waals surface area contributed by atoms with Crippen LogP contribution < -0.4 is 11.1 Å². The quantitative estimate of drug-likeness (QED) is 0.627. The van der Waals surface area contributed by atoms with Crippen LogP contribution in [-0.4, -0.2) is 50.9 Å². The van der Waals surface area contributed by atoms with Crippen LogP contribution in [0, 0.1) is 6.92 Å². The second-order valence-electron chi connectivity index (χ2n) is 7.55. The summed E-state index contributed by atoms with van der Waals surface area (Å²) in [4.78, 5) is 18.0. The van der Waals surface area contributed by atoms with E-state index in [-0.39, 0.29) is 5.95 Å². The normalized spacial score (nSPS) is 15.3. The second kappa shape index (κ2) is 9.38. The highest BCUT2D eigenvalue weighted by Gasteiger charge is 2.18. The molecule has 0 spiro atoms. The van der Waals surface area contributed by atoms with E-state index in [2.05, 4.69) is 42.2 Å². The molecule has 3 aromatic rings. The average Bonchev–Trinajstić information content (AvgIpc) is 2.72. The van der Waals surface area contributed by atoms with Crippen molar-refractivity contribution in [2.24, 2.45) is 0 Å². The molecule has 1 aliphatic heterocycles. The molecule has 2 heterocycles. The highest BCUT2D eigenvalue weighted by atomic mass is 35.5. The fourth-order valence-electron chi connectivity index (χ4n) is 3.55. The molecule has 0 unspecified atom stereocenters. The number of para-hydroxylation sites is 1. The Bertz CT molecular complexity index is 985. The van der Waals surface area contributed by atoms with Crippen molar-refractivity contribution < 1.29 is 0 Å². The molecule has 1 fully saturated rings. The fourth-order valence-corrected chi connectivity index (χ4v) is 3.68. The van der Waals surface area contributed by atoms with Crippen LogP contribution in [-0.2, 0) is 13.1 Å². The number of anilines is 3. The first-order valence-corrected chi connectivity index (χ1v) is 10.5. The molecule has 0 amide bonds. The smallest absolute Gasteiger partial charge is 0.232 e. The summed E-state index contributed by atoms with van der Waals surface area (Å²) in [7, 11) is 0. The largest absolute Gasteiger partial charge is 0.368 e. The minimum atomic E-state index is 0.234. The fraction of sp³-hybridized carbons (Fsp3) is 0.318. The zero-order chi connectivity index (χ0) is 20.9. The Kier molecular flexibility index (Phi) is 6.42. The number of hydrogen-bond acceptors (Lipinski definition) is 7. The summed E-state index contributed by atoms with van der Waals surface area (Å²) >= 11 is 5.98. The van der Waals surface area contributed by atoms with Gasteiger partial charge in [-0.1, -0.05) is 41.9 Å². The van der Waals surface area contributed by atoms with Crippen molar-refractivity contribution in [2.45, 2.75) is 20.0 Å². The van der Waals surface area contributed by atoms with Gasteiger partial charge in [0.1, 0.15) is 5.82 Å². The number of aryl methyl sites for hydroxylation is 1. The van der Waals surface area contributed by atoms with E-state index >= 15 is 0 Å². The van der Waals surface area contributed by atoms with E-state index in [0.717, 1.165) is 49.0 Å². The molecule has 0 aliphatic carbocycles. The van der Waals surface area contributed by atoms with Gasteiger partial charge in [-0.2, -0.15) is 15.0 Å². The maximum atomic E-state index is 5.98. The van der Waals surface area contributed by atoms with Crippen molar-refractivity contribution in [3.05, 3.63) is 70.5 Å². The molecular formula is C22H26ClN7. The maximum absolute atomic E-state index is 5.98. The molecule has 30 heavy (non-hydrogen) atoms. The maximum Gasteiger partial charge on any atom is 0.232 e. The van der Waals surface area contributed by atoms with Crippen LogP contribution in [0.4, 0.5) is 17.6 Å². The van der Waals surface area contributed by atoms with Crippen molar-refractivity contribution in [2.75, 3.05) is 37.2 Å². The van der Waals surface area contributed by atoms with Gasteiger partial charge >= 0.3 is 0 Å². The minimum Gasteiger partial charge on any atom is -0.368 e. The lowest BCUT2D eigenvalue weighted by atomic mass is 10.2. The van der Waals surface area contributed by atoms with Gasteiger partial charge in [0.05, 0.1) is 6.54 Å². The van der Waals surface area contributed by atoms with Crippen molar-refractivity contribution in [1.29, 1.82) is 0 Å². The number of nitrogens with one attached hydrogen (secondary N) is 1. The van der Waals surface area contributed by atoms with Gasteiger partial charge in [0.25, 0.3) is 0 Å². The molecule has 8 heteroatoms. The molecule has 7 nitrogen and oxygen atoms in total. The van der Waals surface area contributed by atoms with E-state index in [9.17, 15) is 0 Å². The number of piperazine rings is 1. The molecule has 156 valence electrons. The van der Waals surface area contributed by atoms with E-state index in [1.165, 1.54) is 5.56 Å². The van der Waals surface area contributed by atoms with Crippen LogP contribution in [0.25, 0.3) is 0 Å². The number of benzene rings is 2. The van der Waals surface area contributed by atoms with Crippen LogP contribution in [0.5, 0.6) is 0 Å². The van der Waals surface area contributed by atoms with E-state index in [1.54, 1.807) is 0 Å². The number of nitrogen functional groups attached to an aromatic ring is 1. The Balaban J connectivity index is 1.34. The molecule has 0 bridgehead atoms. The molecule has 0 saturated carbocycles. The Hall–Kier alpha value is -2.74. The van der Waals surface area contributed by atoms with Gasteiger partial charge in [-0.3, -0.25) is 9.80 Å². The number of halogens is 1. The van der Waals surface area contributed by atoms with Crippen molar-refractivity contribution in [3.63, 3.8) is 0 Å². The molecule has 3 N–H and O–H groups in total. The molecule has 1 saturated heterocycles. The second-order valence-corrected chi connectivity index (χ2v) is 7.99. The molecule has 1 aromatic heterocycles. The third-order valence-corrected chi connectivity index (χ3v) is 5.49. The van der Waals surface area contributed by atoms with Crippen LogP contribution in [0.1, 0.15) is 17.0 Å². The average molecular weight is 424 g/mol. The highest BCUT2D eigenvalue weighted by molar-refractivity contribution is 6.30. The van der Waals surface area contributed by atoms with Crippen molar-refractivity contribution in [1.82, 2.24) is 24.8 Å². The summed E-state index contributed by atoms with van der Waals surface area (Å²) in [5.74, 6) is 1.40. The van der Waals surface area contributed by atoms with E-state index in [4.69, 9.17) is 17.3 Å². The first-order valence-electron chi connectivity index (χ1n) is 10.1. The van der Waals surface area contributed by atoms with E-state index in [0.29, 0.717) is 18.3 Å². The lowest BCUT2D eigenvalue weighted by molar-refractivity contribution is 0.120. The Morgan fingerprint density at radius 3 is 2.27 bits per heavy atom. The summed E-state index contributed by atoms with van der Waals surface area (Å²) in [6.07, 6.45) is 0. The van der Waals surface area contributed by atoms with Gasteiger partial charge in [0.15, 0.2) is 0 Å². The van der Waals surface area contributed by atoms with Gasteiger partial charge < -0.3 is 11.1 Å². The van der Waals surface area contributed by atoms with E-state index in [1.807, 2.05) is 43.3 Å². The highest BCUT2D eigenvalue weighted by Crippen LogP contribution is 2.18. The minimum absolute atomic E-state index is 0.234. The standard InChI is InChI=1S/C22H26ClN7/c1-16-4-2-3-5-19(16)25-22-27-20(26-21(24)28-22)15-30-12-10-29(11-13-30)14-17-6-8-18(23)9-7-17/h2-9H,10-15H2,1H3,(H3,24,25,26,27,28). The molecule has 1 aliphatic rings. The third-order valence-electron chi connectivity index (χ3n) is 5.24. The molecular weight excluding hydrogens is 398 g/mol. The summed E-state index contributed by atoms with van der Waals surface area (Å²) in [6, 6.07) is 16.1. The number of hydrogen-bond donors (Lipinski definition) is 2. The zero-order valence-electron chi connectivity index (χ0n) is 17.1. The van der Waals surface area contributed by atoms with Crippen LogP contribution in [0.3, 0.4) is 0 Å². The number of rotatable bonds is 6. The topological polar surface area (TPSA) is 83.2 Å². The zero-order valence-corrected chi connectivity index (χ0v) is 17.8. The summed E-state index contributed by atoms with van der Waals surface area (Å²) < 4.78 is 0. The summed E-state index contributed by atoms with van der Waals surface area (Å²) in [6.45, 7) is 7.55. The molecule has 4 rings (SSSR count). The van der Waals surface area contributed by atoms with Crippen molar-refractivity contribution in [3.8, 4) is 0 Å². The van der Waals surface area contributed by atoms with Gasteiger partial charge in [-0.15, -0.1) is 0 Å². The SMILES string of the molecule is Cc1ccccc1Nc1nc(N)nc(CN2CCN(Cc3ccc(Cl)cc3)CC2)n1. The van der Waals surface area contributed by atoms with Gasteiger partial charge in [0, 0.05) is 43.4 Å². The first kappa shape index (κ1) is 20.5. The summed E-state index contributed by atoms with van der Waals surface area (Å²) in [5, 5.41) is 4.03. The monoisotopic (exact) mass is 423 g/mol. The lowest BCUT2D eigenvalue weighted by Crippen LogP contribution is -2.45. The van der Waals surface area contributed by atoms with Crippen LogP contribution in [0.15, 0.2) is 48.5 Å². The summed E-state index contributed by atoms with van der Waals surface area (Å²) in [5.41, 5.74) is 9.30. The first-order chi connectivity index (χ1) is 14.5. The van der Waals surface area contributed by atoms with Crippen LogP contribution >= 0.6 is 11.6 Å². The Labute approximate surface area is 181 Å². The predicted molar refractivity (Wildman–Crippen MR) is 121 cm³/mol. The molecule has 0 atom stereocenters. The third kappa shape index (κ3) is 5.44. The van der Waals surface area contributed by atoms with Gasteiger partial charge in [-0.25, -0.2) is 0 Å². The Morgan fingerprint density at radius 2 is 1.57 bits per heavy atom. The number of aromatic nitrogens is 3. The van der Waals surface area contributed by atoms with E-state index < -0.39 is 0 Å². The molecule has 2 aromatic carbocycles. The predicted octanol–water partition coefficient (Wildman–Crippen LogP) is 3.48. The van der Waals surface area contributed by atoms with Gasteiger partial charge in [-0.05, 0) is 36.2 Å². The Morgan fingerprint density at radius 1 is 0.900 bits per heavy atom. The number of nitrogens with two attached hydrogens (primary N) is 1. The lowest BCUT2D eigenvalue weighted by Gasteiger charge is -2.34. The van der Waals surface area contributed by atoms with Crippen LogP contribution in [0.2, 0.25) is 5.02 Å².